The molecule has 2 fully saturated rings. The number of hydrogen-bond acceptors (Lipinski definition) is 2. The van der Waals surface area contributed by atoms with Crippen LogP contribution in [0, 0.1) is 5.92 Å². The summed E-state index contributed by atoms with van der Waals surface area (Å²) >= 11 is 0. The molecule has 2 heteroatoms. The fourth-order valence-corrected chi connectivity index (χ4v) is 1.60. The molecule has 0 spiro atoms. The van der Waals surface area contributed by atoms with Gasteiger partial charge in [-0.2, -0.15) is 0 Å². The van der Waals surface area contributed by atoms with Crippen LogP contribution in [0.1, 0.15) is 19.3 Å². The Morgan fingerprint density at radius 3 is 2.67 bits per heavy atom. The summed E-state index contributed by atoms with van der Waals surface area (Å²) < 4.78 is 5.47. The van der Waals surface area contributed by atoms with Gasteiger partial charge < -0.3 is 10.5 Å². The average molecular weight is 127 g/mol. The zero-order chi connectivity index (χ0) is 6.27. The van der Waals surface area contributed by atoms with Crippen molar-refractivity contribution in [1.82, 2.24) is 0 Å². The maximum Gasteiger partial charge on any atom is 0.0619 e. The minimum absolute atomic E-state index is 0.466. The van der Waals surface area contributed by atoms with Crippen LogP contribution in [0.25, 0.3) is 0 Å². The van der Waals surface area contributed by atoms with E-state index in [9.17, 15) is 0 Å². The highest BCUT2D eigenvalue weighted by molar-refractivity contribution is 4.96. The van der Waals surface area contributed by atoms with E-state index in [-0.39, 0.29) is 0 Å². The molecule has 1 saturated heterocycles. The Balaban J connectivity index is 1.85. The van der Waals surface area contributed by atoms with Crippen LogP contribution in [0.2, 0.25) is 0 Å². The highest BCUT2D eigenvalue weighted by Gasteiger charge is 2.41. The van der Waals surface area contributed by atoms with Gasteiger partial charge in [0.15, 0.2) is 0 Å². The molecule has 0 aromatic rings. The van der Waals surface area contributed by atoms with Crippen molar-refractivity contribution in [2.75, 3.05) is 6.61 Å². The summed E-state index contributed by atoms with van der Waals surface area (Å²) in [7, 11) is 0. The lowest BCUT2D eigenvalue weighted by atomic mass is 10.1. The van der Waals surface area contributed by atoms with E-state index in [1.54, 1.807) is 0 Å². The molecule has 0 bridgehead atoms. The SMILES string of the molecule is N[C@@H]1C[C@H]1C1CCCO1. The number of ether oxygens (including phenoxy) is 1. The van der Waals surface area contributed by atoms with Gasteiger partial charge in [-0.25, -0.2) is 0 Å². The lowest BCUT2D eigenvalue weighted by molar-refractivity contribution is 0.0927. The van der Waals surface area contributed by atoms with Crippen LogP contribution in [0.15, 0.2) is 0 Å². The van der Waals surface area contributed by atoms with Crippen molar-refractivity contribution in [3.63, 3.8) is 0 Å². The first-order valence-corrected chi connectivity index (χ1v) is 3.75. The molecule has 0 amide bonds. The molecule has 1 saturated carbocycles. The largest absolute Gasteiger partial charge is 0.378 e. The predicted molar refractivity (Wildman–Crippen MR) is 35.1 cm³/mol. The van der Waals surface area contributed by atoms with E-state index in [0.717, 1.165) is 6.61 Å². The first kappa shape index (κ1) is 5.69. The van der Waals surface area contributed by atoms with Gasteiger partial charge in [0.2, 0.25) is 0 Å². The van der Waals surface area contributed by atoms with Gasteiger partial charge in [0.25, 0.3) is 0 Å². The van der Waals surface area contributed by atoms with Crippen molar-refractivity contribution in [2.24, 2.45) is 11.7 Å². The van der Waals surface area contributed by atoms with Crippen LogP contribution < -0.4 is 5.73 Å². The van der Waals surface area contributed by atoms with Crippen molar-refractivity contribution in [2.45, 2.75) is 31.4 Å². The van der Waals surface area contributed by atoms with Gasteiger partial charge in [-0.05, 0) is 19.3 Å². The minimum Gasteiger partial charge on any atom is -0.378 e. The molecule has 0 aromatic heterocycles. The monoisotopic (exact) mass is 127 g/mol. The van der Waals surface area contributed by atoms with E-state index in [1.165, 1.54) is 19.3 Å². The topological polar surface area (TPSA) is 35.2 Å². The number of rotatable bonds is 1. The van der Waals surface area contributed by atoms with E-state index < -0.39 is 0 Å². The molecular formula is C7H13NO. The Morgan fingerprint density at radius 1 is 1.44 bits per heavy atom. The molecule has 3 atom stereocenters. The Labute approximate surface area is 55.4 Å². The van der Waals surface area contributed by atoms with Crippen LogP contribution in [0.3, 0.4) is 0 Å². The van der Waals surface area contributed by atoms with Crippen molar-refractivity contribution in [1.29, 1.82) is 0 Å². The lowest BCUT2D eigenvalue weighted by Crippen LogP contribution is -2.14. The fraction of sp³-hybridized carbons (Fsp3) is 1.00. The second kappa shape index (κ2) is 1.96. The molecule has 1 unspecified atom stereocenters. The standard InChI is InChI=1S/C7H13NO/c8-6-4-5(6)7-2-1-3-9-7/h5-7H,1-4,8H2/t5-,6-,7?/m1/s1. The zero-order valence-corrected chi connectivity index (χ0v) is 5.55. The Morgan fingerprint density at radius 2 is 2.22 bits per heavy atom. The molecule has 1 heterocycles. The first-order chi connectivity index (χ1) is 4.38. The minimum atomic E-state index is 0.466. The Kier molecular flexibility index (Phi) is 1.24. The van der Waals surface area contributed by atoms with Crippen molar-refractivity contribution >= 4 is 0 Å². The van der Waals surface area contributed by atoms with E-state index in [1.807, 2.05) is 0 Å². The van der Waals surface area contributed by atoms with Crippen molar-refractivity contribution in [3.05, 3.63) is 0 Å². The molecule has 2 aliphatic rings. The molecule has 2 N–H and O–H groups in total. The smallest absolute Gasteiger partial charge is 0.0619 e. The second-order valence-electron chi connectivity index (χ2n) is 3.11. The maximum absolute atomic E-state index is 5.67. The lowest BCUT2D eigenvalue weighted by Gasteiger charge is -2.05. The Bertz CT molecular complexity index is 109. The summed E-state index contributed by atoms with van der Waals surface area (Å²) in [5, 5.41) is 0. The second-order valence-corrected chi connectivity index (χ2v) is 3.11. The predicted octanol–water partition coefficient (Wildman–Crippen LogP) is 0.513. The summed E-state index contributed by atoms with van der Waals surface area (Å²) in [6.07, 6.45) is 4.22. The Hall–Kier alpha value is -0.0800. The van der Waals surface area contributed by atoms with Gasteiger partial charge in [-0.3, -0.25) is 0 Å². The third-order valence-electron chi connectivity index (χ3n) is 2.33. The molecule has 1 aliphatic carbocycles. The molecule has 2 rings (SSSR count). The van der Waals surface area contributed by atoms with Crippen LogP contribution in [0.4, 0.5) is 0 Å². The van der Waals surface area contributed by atoms with E-state index in [2.05, 4.69) is 0 Å². The van der Waals surface area contributed by atoms with Crippen LogP contribution in [0.5, 0.6) is 0 Å². The van der Waals surface area contributed by atoms with Crippen LogP contribution in [-0.4, -0.2) is 18.8 Å². The number of nitrogens with two attached hydrogens (primary N) is 1. The molecule has 0 aromatic carbocycles. The summed E-state index contributed by atoms with van der Waals surface area (Å²) in [4.78, 5) is 0. The highest BCUT2D eigenvalue weighted by Crippen LogP contribution is 2.37. The average Bonchev–Trinajstić information content (AvgIpc) is 2.44. The summed E-state index contributed by atoms with van der Waals surface area (Å²) in [6, 6.07) is 0.466. The zero-order valence-electron chi connectivity index (χ0n) is 5.55. The third kappa shape index (κ3) is 0.970. The van der Waals surface area contributed by atoms with Gasteiger partial charge >= 0.3 is 0 Å². The molecule has 9 heavy (non-hydrogen) atoms. The van der Waals surface area contributed by atoms with Gasteiger partial charge in [-0.1, -0.05) is 0 Å². The van der Waals surface area contributed by atoms with Gasteiger partial charge in [0, 0.05) is 18.6 Å². The van der Waals surface area contributed by atoms with Crippen molar-refractivity contribution in [3.8, 4) is 0 Å². The summed E-state index contributed by atoms with van der Waals surface area (Å²) in [6.45, 7) is 0.966. The van der Waals surface area contributed by atoms with E-state index >= 15 is 0 Å². The summed E-state index contributed by atoms with van der Waals surface area (Å²) in [5.41, 5.74) is 5.67. The number of hydrogen-bond donors (Lipinski definition) is 1. The normalized spacial score (nSPS) is 49.7. The molecular weight excluding hydrogens is 114 g/mol. The van der Waals surface area contributed by atoms with E-state index in [4.69, 9.17) is 10.5 Å². The molecule has 2 nitrogen and oxygen atoms in total. The fourth-order valence-electron chi connectivity index (χ4n) is 1.60. The highest BCUT2D eigenvalue weighted by atomic mass is 16.5. The van der Waals surface area contributed by atoms with Crippen molar-refractivity contribution < 1.29 is 4.74 Å². The molecule has 52 valence electrons. The van der Waals surface area contributed by atoms with Crippen LogP contribution >= 0.6 is 0 Å². The quantitative estimate of drug-likeness (QED) is 0.557. The maximum atomic E-state index is 5.67. The van der Waals surface area contributed by atoms with Gasteiger partial charge in [0.05, 0.1) is 6.10 Å². The van der Waals surface area contributed by atoms with Gasteiger partial charge in [0.1, 0.15) is 0 Å². The molecule has 1 aliphatic heterocycles. The van der Waals surface area contributed by atoms with Gasteiger partial charge in [-0.15, -0.1) is 0 Å². The van der Waals surface area contributed by atoms with E-state index in [0.29, 0.717) is 18.1 Å². The molecule has 0 radical (unpaired) electrons. The summed E-state index contributed by atoms with van der Waals surface area (Å²) in [5.74, 6) is 0.715. The first-order valence-electron chi connectivity index (χ1n) is 3.75. The third-order valence-corrected chi connectivity index (χ3v) is 2.33. The van der Waals surface area contributed by atoms with Crippen LogP contribution in [-0.2, 0) is 4.74 Å².